The minimum atomic E-state index is -0.583. The van der Waals surface area contributed by atoms with Crippen LogP contribution in [0.15, 0.2) is 0 Å². The zero-order chi connectivity index (χ0) is 45.7. The lowest BCUT2D eigenvalue weighted by atomic mass is 9.95. The van der Waals surface area contributed by atoms with E-state index in [9.17, 15) is 19.8 Å². The maximum absolute atomic E-state index is 12.8. The molecule has 4 atom stereocenters. The lowest BCUT2D eigenvalue weighted by Gasteiger charge is -2.27. The van der Waals surface area contributed by atoms with Crippen LogP contribution in [0.4, 0.5) is 0 Å². The molecule has 370 valence electrons. The van der Waals surface area contributed by atoms with Crippen LogP contribution in [-0.4, -0.2) is 110 Å². The van der Waals surface area contributed by atoms with E-state index in [4.69, 9.17) is 20.9 Å². The molecule has 0 spiro atoms. The van der Waals surface area contributed by atoms with E-state index in [0.717, 1.165) is 90.4 Å². The summed E-state index contributed by atoms with van der Waals surface area (Å²) >= 11 is 0. The van der Waals surface area contributed by atoms with Gasteiger partial charge in [0.25, 0.3) is 0 Å². The maximum atomic E-state index is 12.8. The second-order valence-corrected chi connectivity index (χ2v) is 18.9. The summed E-state index contributed by atoms with van der Waals surface area (Å²) in [5.41, 5.74) is 11.6. The van der Waals surface area contributed by atoms with Crippen molar-refractivity contribution < 1.29 is 29.3 Å². The monoisotopic (exact) mass is 883 g/mol. The van der Waals surface area contributed by atoms with Gasteiger partial charge in [-0.15, -0.1) is 0 Å². The fourth-order valence-electron chi connectivity index (χ4n) is 8.55. The van der Waals surface area contributed by atoms with E-state index in [0.29, 0.717) is 51.0 Å². The quantitative estimate of drug-likeness (QED) is 0.0343. The van der Waals surface area contributed by atoms with Gasteiger partial charge >= 0.3 is 11.9 Å². The third kappa shape index (κ3) is 40.2. The summed E-state index contributed by atoms with van der Waals surface area (Å²) in [5, 5.41) is 20.8. The SMILES string of the molecule is CCCCCCCCC(CCCCCC)COC(=O)CCCCN(CCCCN(CCCCC(=O)OCC(CCCCCC)CCCCCCCC)CC(O)CN)CC(O)CN. The normalized spacial score (nSPS) is 13.8. The Morgan fingerprint density at radius 3 is 1.00 bits per heavy atom. The van der Waals surface area contributed by atoms with Crippen LogP contribution < -0.4 is 11.5 Å². The molecule has 0 aromatic carbocycles. The van der Waals surface area contributed by atoms with Crippen molar-refractivity contribution in [1.82, 2.24) is 9.80 Å². The molecule has 0 aliphatic heterocycles. The standard InChI is InChI=1S/C52H106N4O6/c1-5-9-13-17-19-23-33-47(31-21-15-11-7-3)45-61-51(59)35-25-27-37-55(43-49(57)41-53)39-29-30-40-56(44-50(58)42-54)38-28-26-36-52(60)62-46-48(32-22-16-12-8-4)34-24-20-18-14-10-6-2/h47-50,57-58H,5-46,53-54H2,1-4H3. The van der Waals surface area contributed by atoms with E-state index in [1.165, 1.54) is 128 Å². The van der Waals surface area contributed by atoms with E-state index in [1.807, 2.05) is 0 Å². The molecule has 0 amide bonds. The molecular weight excluding hydrogens is 777 g/mol. The molecule has 0 fully saturated rings. The average Bonchev–Trinajstić information content (AvgIpc) is 3.27. The topological polar surface area (TPSA) is 152 Å². The number of hydrogen-bond donors (Lipinski definition) is 4. The first-order valence-corrected chi connectivity index (χ1v) is 26.7. The molecule has 0 aliphatic rings. The highest BCUT2D eigenvalue weighted by Crippen LogP contribution is 2.21. The molecule has 0 bridgehead atoms. The molecule has 0 saturated carbocycles. The third-order valence-corrected chi connectivity index (χ3v) is 12.7. The van der Waals surface area contributed by atoms with Crippen molar-refractivity contribution in [2.45, 2.75) is 245 Å². The van der Waals surface area contributed by atoms with Crippen molar-refractivity contribution in [2.24, 2.45) is 23.3 Å². The van der Waals surface area contributed by atoms with Gasteiger partial charge in [0.1, 0.15) is 0 Å². The number of unbranched alkanes of at least 4 members (excludes halogenated alkanes) is 19. The van der Waals surface area contributed by atoms with Crippen LogP contribution in [0.5, 0.6) is 0 Å². The highest BCUT2D eigenvalue weighted by molar-refractivity contribution is 5.69. The summed E-state index contributed by atoms with van der Waals surface area (Å²) in [4.78, 5) is 30.1. The Labute approximate surface area is 384 Å². The Morgan fingerprint density at radius 1 is 0.419 bits per heavy atom. The number of rotatable bonds is 49. The van der Waals surface area contributed by atoms with Gasteiger partial charge in [0.05, 0.1) is 25.4 Å². The van der Waals surface area contributed by atoms with Crippen LogP contribution in [0, 0.1) is 11.8 Å². The van der Waals surface area contributed by atoms with Gasteiger partial charge in [-0.25, -0.2) is 0 Å². The molecule has 6 N–H and O–H groups in total. The van der Waals surface area contributed by atoms with Crippen molar-refractivity contribution >= 4 is 11.9 Å². The Hall–Kier alpha value is -1.30. The highest BCUT2D eigenvalue weighted by Gasteiger charge is 2.17. The van der Waals surface area contributed by atoms with Crippen molar-refractivity contribution in [3.63, 3.8) is 0 Å². The lowest BCUT2D eigenvalue weighted by Crippen LogP contribution is -2.39. The van der Waals surface area contributed by atoms with Crippen LogP contribution in [0.1, 0.15) is 233 Å². The summed E-state index contributed by atoms with van der Waals surface area (Å²) < 4.78 is 11.7. The van der Waals surface area contributed by atoms with Crippen LogP contribution in [0.25, 0.3) is 0 Å². The molecule has 0 radical (unpaired) electrons. The lowest BCUT2D eigenvalue weighted by molar-refractivity contribution is -0.146. The van der Waals surface area contributed by atoms with Gasteiger partial charge in [-0.3, -0.25) is 9.59 Å². The van der Waals surface area contributed by atoms with Crippen LogP contribution in [0.2, 0.25) is 0 Å². The largest absolute Gasteiger partial charge is 0.465 e. The van der Waals surface area contributed by atoms with Crippen LogP contribution >= 0.6 is 0 Å². The van der Waals surface area contributed by atoms with Gasteiger partial charge in [0.15, 0.2) is 0 Å². The van der Waals surface area contributed by atoms with Gasteiger partial charge < -0.3 is 41.0 Å². The Bertz CT molecular complexity index is 886. The molecule has 0 heterocycles. The second-order valence-electron chi connectivity index (χ2n) is 18.9. The van der Waals surface area contributed by atoms with E-state index in [1.54, 1.807) is 0 Å². The zero-order valence-electron chi connectivity index (χ0n) is 41.6. The van der Waals surface area contributed by atoms with E-state index in [2.05, 4.69) is 37.5 Å². The zero-order valence-corrected chi connectivity index (χ0v) is 41.6. The number of nitrogens with two attached hydrogens (primary N) is 2. The molecule has 0 aromatic rings. The number of nitrogens with zero attached hydrogens (tertiary/aromatic N) is 2. The number of carbonyl (C=O) groups is 2. The van der Waals surface area contributed by atoms with Crippen LogP contribution in [0.3, 0.4) is 0 Å². The number of aliphatic hydroxyl groups is 2. The Morgan fingerprint density at radius 2 is 0.694 bits per heavy atom. The molecule has 10 heteroatoms. The number of carbonyl (C=O) groups excluding carboxylic acids is 2. The maximum Gasteiger partial charge on any atom is 0.305 e. The smallest absolute Gasteiger partial charge is 0.305 e. The fraction of sp³-hybridized carbons (Fsp3) is 0.962. The van der Waals surface area contributed by atoms with E-state index >= 15 is 0 Å². The van der Waals surface area contributed by atoms with E-state index < -0.39 is 12.2 Å². The second kappa shape index (κ2) is 46.2. The summed E-state index contributed by atoms with van der Waals surface area (Å²) in [6.07, 6.45) is 35.0. The van der Waals surface area contributed by atoms with Gasteiger partial charge in [0.2, 0.25) is 0 Å². The summed E-state index contributed by atoms with van der Waals surface area (Å²) in [6, 6.07) is 0. The predicted molar refractivity (Wildman–Crippen MR) is 262 cm³/mol. The van der Waals surface area contributed by atoms with Crippen LogP contribution in [-0.2, 0) is 19.1 Å². The summed E-state index contributed by atoms with van der Waals surface area (Å²) in [7, 11) is 0. The van der Waals surface area contributed by atoms with E-state index in [-0.39, 0.29) is 25.0 Å². The molecule has 0 aliphatic carbocycles. The molecule has 10 nitrogen and oxygen atoms in total. The molecule has 4 unspecified atom stereocenters. The summed E-state index contributed by atoms with van der Waals surface area (Å²) in [6.45, 7) is 14.8. The molecule has 0 rings (SSSR count). The Balaban J connectivity index is 4.75. The minimum absolute atomic E-state index is 0.0858. The Kier molecular flexibility index (Phi) is 45.3. The predicted octanol–water partition coefficient (Wildman–Crippen LogP) is 11.1. The number of ether oxygens (including phenoxy) is 2. The van der Waals surface area contributed by atoms with Gasteiger partial charge in [0, 0.05) is 39.0 Å². The first-order valence-electron chi connectivity index (χ1n) is 26.7. The first-order chi connectivity index (χ1) is 30.2. The summed E-state index contributed by atoms with van der Waals surface area (Å²) in [5.74, 6) is 0.774. The molecule has 0 saturated heterocycles. The van der Waals surface area contributed by atoms with Gasteiger partial charge in [-0.05, 0) is 102 Å². The molecule has 0 aromatic heterocycles. The molecule has 62 heavy (non-hydrogen) atoms. The fourth-order valence-corrected chi connectivity index (χ4v) is 8.55. The average molecular weight is 883 g/mol. The highest BCUT2D eigenvalue weighted by atomic mass is 16.5. The van der Waals surface area contributed by atoms with Crippen molar-refractivity contribution in [3.05, 3.63) is 0 Å². The van der Waals surface area contributed by atoms with Crippen molar-refractivity contribution in [1.29, 1.82) is 0 Å². The van der Waals surface area contributed by atoms with Crippen molar-refractivity contribution in [3.8, 4) is 0 Å². The number of esters is 2. The van der Waals surface area contributed by atoms with Gasteiger partial charge in [-0.2, -0.15) is 0 Å². The van der Waals surface area contributed by atoms with Gasteiger partial charge in [-0.1, -0.05) is 156 Å². The number of aliphatic hydroxyl groups excluding tert-OH is 2. The minimum Gasteiger partial charge on any atom is -0.465 e. The first kappa shape index (κ1) is 60.7. The molecular formula is C52H106N4O6. The van der Waals surface area contributed by atoms with Crippen molar-refractivity contribution in [2.75, 3.05) is 65.6 Å². The third-order valence-electron chi connectivity index (χ3n) is 12.7. The number of hydrogen-bond acceptors (Lipinski definition) is 10.